The van der Waals surface area contributed by atoms with E-state index < -0.39 is 0 Å². The van der Waals surface area contributed by atoms with Crippen molar-refractivity contribution in [3.63, 3.8) is 0 Å². The molecule has 0 spiro atoms. The average molecular weight is 262 g/mol. The van der Waals surface area contributed by atoms with Crippen LogP contribution in [0.2, 0.25) is 0 Å². The van der Waals surface area contributed by atoms with E-state index in [-0.39, 0.29) is 0 Å². The Kier molecular flexibility index (Phi) is 5.14. The van der Waals surface area contributed by atoms with Gasteiger partial charge in [0, 0.05) is 24.0 Å². The highest BCUT2D eigenvalue weighted by Crippen LogP contribution is 2.25. The van der Waals surface area contributed by atoms with Gasteiger partial charge in [0.15, 0.2) is 0 Å². The van der Waals surface area contributed by atoms with Crippen molar-refractivity contribution < 1.29 is 0 Å². The normalized spacial score (nSPS) is 16.6. The minimum Gasteiger partial charge on any atom is -0.338 e. The molecule has 1 heterocycles. The van der Waals surface area contributed by atoms with Crippen molar-refractivity contribution in [2.75, 3.05) is 18.0 Å². The molecule has 1 aliphatic carbocycles. The maximum absolute atomic E-state index is 5.68. The number of anilines is 1. The lowest BCUT2D eigenvalue weighted by Gasteiger charge is -2.34. The van der Waals surface area contributed by atoms with Crippen LogP contribution in [0, 0.1) is 13.8 Å². The molecule has 106 valence electrons. The Morgan fingerprint density at radius 1 is 1.16 bits per heavy atom. The van der Waals surface area contributed by atoms with E-state index in [4.69, 9.17) is 5.73 Å². The number of hydrogen-bond donors (Lipinski definition) is 1. The fourth-order valence-electron chi connectivity index (χ4n) is 2.94. The Morgan fingerprint density at radius 2 is 1.79 bits per heavy atom. The van der Waals surface area contributed by atoms with E-state index >= 15 is 0 Å². The first kappa shape index (κ1) is 14.3. The molecule has 0 aromatic carbocycles. The monoisotopic (exact) mass is 262 g/mol. The molecule has 1 fully saturated rings. The predicted molar refractivity (Wildman–Crippen MR) is 79.4 cm³/mol. The quantitative estimate of drug-likeness (QED) is 0.886. The van der Waals surface area contributed by atoms with Gasteiger partial charge in [-0.05, 0) is 45.7 Å². The summed E-state index contributed by atoms with van der Waals surface area (Å²) in [5.74, 6) is 0.901. The fourth-order valence-corrected chi connectivity index (χ4v) is 2.94. The number of rotatable bonds is 5. The lowest BCUT2D eigenvalue weighted by molar-refractivity contribution is 0.408. The summed E-state index contributed by atoms with van der Waals surface area (Å²) in [5.41, 5.74) is 7.78. The first-order chi connectivity index (χ1) is 9.20. The molecule has 2 rings (SSSR count). The van der Waals surface area contributed by atoms with E-state index in [1.165, 1.54) is 32.1 Å². The van der Waals surface area contributed by atoms with Crippen molar-refractivity contribution in [2.24, 2.45) is 5.73 Å². The smallest absolute Gasteiger partial charge is 0.226 e. The number of aromatic nitrogens is 2. The molecule has 1 aromatic heterocycles. The summed E-state index contributed by atoms with van der Waals surface area (Å²) in [6.45, 7) is 5.79. The summed E-state index contributed by atoms with van der Waals surface area (Å²) in [5, 5.41) is 0. The summed E-state index contributed by atoms with van der Waals surface area (Å²) in [6, 6.07) is 2.63. The minimum absolute atomic E-state index is 0.599. The third-order valence-corrected chi connectivity index (χ3v) is 3.85. The molecule has 0 amide bonds. The molecule has 0 saturated heterocycles. The zero-order chi connectivity index (χ0) is 13.7. The highest BCUT2D eigenvalue weighted by molar-refractivity contribution is 5.34. The molecule has 19 heavy (non-hydrogen) atoms. The molecule has 2 N–H and O–H groups in total. The maximum Gasteiger partial charge on any atom is 0.226 e. The number of aryl methyl sites for hydroxylation is 2. The number of hydrogen-bond acceptors (Lipinski definition) is 4. The highest BCUT2D eigenvalue weighted by Gasteiger charge is 2.23. The lowest BCUT2D eigenvalue weighted by Crippen LogP contribution is -2.39. The lowest BCUT2D eigenvalue weighted by atomic mass is 9.94. The van der Waals surface area contributed by atoms with E-state index in [0.29, 0.717) is 6.04 Å². The second kappa shape index (κ2) is 6.85. The van der Waals surface area contributed by atoms with Crippen molar-refractivity contribution in [3.8, 4) is 0 Å². The summed E-state index contributed by atoms with van der Waals surface area (Å²) >= 11 is 0. The molecule has 0 bridgehead atoms. The molecule has 1 saturated carbocycles. The highest BCUT2D eigenvalue weighted by atomic mass is 15.3. The second-order valence-electron chi connectivity index (χ2n) is 5.58. The largest absolute Gasteiger partial charge is 0.338 e. The predicted octanol–water partition coefficient (Wildman–Crippen LogP) is 2.58. The van der Waals surface area contributed by atoms with Crippen LogP contribution in [0.15, 0.2) is 6.07 Å². The zero-order valence-electron chi connectivity index (χ0n) is 12.2. The van der Waals surface area contributed by atoms with Crippen LogP contribution in [0.3, 0.4) is 0 Å². The summed E-state index contributed by atoms with van der Waals surface area (Å²) in [6.07, 6.45) is 7.56. The van der Waals surface area contributed by atoms with Crippen LogP contribution < -0.4 is 10.6 Å². The average Bonchev–Trinajstić information content (AvgIpc) is 2.39. The molecule has 0 unspecified atom stereocenters. The van der Waals surface area contributed by atoms with Gasteiger partial charge in [0.05, 0.1) is 0 Å². The van der Waals surface area contributed by atoms with Crippen molar-refractivity contribution in [3.05, 3.63) is 17.5 Å². The standard InChI is InChI=1S/C15H26N4/c1-12-11-13(2)18-15(17-12)19(10-6-9-16)14-7-4-3-5-8-14/h11,14H,3-10,16H2,1-2H3. The van der Waals surface area contributed by atoms with Gasteiger partial charge in [-0.25, -0.2) is 9.97 Å². The Bertz CT molecular complexity index is 379. The Labute approximate surface area is 116 Å². The molecule has 1 aliphatic rings. The van der Waals surface area contributed by atoms with Crippen molar-refractivity contribution >= 4 is 5.95 Å². The third-order valence-electron chi connectivity index (χ3n) is 3.85. The zero-order valence-corrected chi connectivity index (χ0v) is 12.2. The molecule has 0 atom stereocenters. The van der Waals surface area contributed by atoms with Crippen molar-refractivity contribution in [1.29, 1.82) is 0 Å². The van der Waals surface area contributed by atoms with Gasteiger partial charge in [-0.2, -0.15) is 0 Å². The molecular weight excluding hydrogens is 236 g/mol. The van der Waals surface area contributed by atoms with E-state index in [0.717, 1.165) is 36.8 Å². The van der Waals surface area contributed by atoms with E-state index in [1.807, 2.05) is 19.9 Å². The van der Waals surface area contributed by atoms with Gasteiger partial charge in [0.2, 0.25) is 5.95 Å². The van der Waals surface area contributed by atoms with Crippen LogP contribution in [-0.4, -0.2) is 29.1 Å². The SMILES string of the molecule is Cc1cc(C)nc(N(CCCN)C2CCCCC2)n1. The van der Waals surface area contributed by atoms with Crippen molar-refractivity contribution in [2.45, 2.75) is 58.4 Å². The van der Waals surface area contributed by atoms with Crippen LogP contribution in [-0.2, 0) is 0 Å². The molecule has 1 aromatic rings. The van der Waals surface area contributed by atoms with Crippen LogP contribution in [0.1, 0.15) is 49.9 Å². The van der Waals surface area contributed by atoms with Crippen molar-refractivity contribution in [1.82, 2.24) is 9.97 Å². The van der Waals surface area contributed by atoms with Crippen LogP contribution in [0.25, 0.3) is 0 Å². The first-order valence-electron chi connectivity index (χ1n) is 7.49. The third kappa shape index (κ3) is 3.90. The van der Waals surface area contributed by atoms with Gasteiger partial charge in [-0.1, -0.05) is 19.3 Å². The minimum atomic E-state index is 0.599. The number of nitrogens with two attached hydrogens (primary N) is 1. The van der Waals surface area contributed by atoms with E-state index in [2.05, 4.69) is 14.9 Å². The number of nitrogens with zero attached hydrogens (tertiary/aromatic N) is 3. The summed E-state index contributed by atoms with van der Waals surface area (Å²) < 4.78 is 0. The Balaban J connectivity index is 2.19. The van der Waals surface area contributed by atoms with Gasteiger partial charge >= 0.3 is 0 Å². The van der Waals surface area contributed by atoms with E-state index in [1.54, 1.807) is 0 Å². The van der Waals surface area contributed by atoms with Gasteiger partial charge in [0.25, 0.3) is 0 Å². The van der Waals surface area contributed by atoms with Gasteiger partial charge in [0.1, 0.15) is 0 Å². The summed E-state index contributed by atoms with van der Waals surface area (Å²) in [7, 11) is 0. The van der Waals surface area contributed by atoms with Crippen LogP contribution >= 0.6 is 0 Å². The molecule has 4 nitrogen and oxygen atoms in total. The van der Waals surface area contributed by atoms with E-state index in [9.17, 15) is 0 Å². The maximum atomic E-state index is 5.68. The first-order valence-corrected chi connectivity index (χ1v) is 7.49. The molecular formula is C15H26N4. The van der Waals surface area contributed by atoms with Crippen LogP contribution in [0.4, 0.5) is 5.95 Å². The topological polar surface area (TPSA) is 55.0 Å². The Hall–Kier alpha value is -1.16. The molecule has 0 radical (unpaired) electrons. The molecule has 4 heteroatoms. The fraction of sp³-hybridized carbons (Fsp3) is 0.733. The Morgan fingerprint density at radius 3 is 2.37 bits per heavy atom. The van der Waals surface area contributed by atoms with Crippen LogP contribution in [0.5, 0.6) is 0 Å². The molecule has 0 aliphatic heterocycles. The van der Waals surface area contributed by atoms with Gasteiger partial charge < -0.3 is 10.6 Å². The summed E-state index contributed by atoms with van der Waals surface area (Å²) in [4.78, 5) is 11.7. The van der Waals surface area contributed by atoms with Gasteiger partial charge in [-0.15, -0.1) is 0 Å². The second-order valence-corrected chi connectivity index (χ2v) is 5.58. The van der Waals surface area contributed by atoms with Gasteiger partial charge in [-0.3, -0.25) is 0 Å².